The molecule has 1 unspecified atom stereocenters. The predicted octanol–water partition coefficient (Wildman–Crippen LogP) is 3.24. The second-order valence-electron chi connectivity index (χ2n) is 6.18. The predicted molar refractivity (Wildman–Crippen MR) is 104 cm³/mol. The number of fused-ring (bicyclic) bond motifs is 1. The van der Waals surface area contributed by atoms with Gasteiger partial charge in [-0.1, -0.05) is 38.1 Å². The van der Waals surface area contributed by atoms with Crippen molar-refractivity contribution in [3.8, 4) is 0 Å². The number of anilines is 1. The summed E-state index contributed by atoms with van der Waals surface area (Å²) in [5.74, 6) is -0.643. The Labute approximate surface area is 156 Å². The first kappa shape index (κ1) is 18.5. The van der Waals surface area contributed by atoms with Crippen molar-refractivity contribution in [1.29, 1.82) is 0 Å². The van der Waals surface area contributed by atoms with Crippen LogP contribution in [0.5, 0.6) is 0 Å². The van der Waals surface area contributed by atoms with Crippen molar-refractivity contribution in [3.63, 3.8) is 0 Å². The molecule has 1 amide bonds. The number of amides is 1. The number of nitrogens with zero attached hydrogens (tertiary/aromatic N) is 1. The third kappa shape index (κ3) is 4.09. The van der Waals surface area contributed by atoms with E-state index in [1.165, 1.54) is 6.07 Å². The van der Waals surface area contributed by atoms with Crippen molar-refractivity contribution in [2.24, 2.45) is 5.92 Å². The molecule has 0 spiro atoms. The number of rotatable bonds is 6. The average Bonchev–Trinajstić information content (AvgIpc) is 3.15. The van der Waals surface area contributed by atoms with Gasteiger partial charge in [-0.3, -0.25) is 9.78 Å². The van der Waals surface area contributed by atoms with Crippen LogP contribution in [0.1, 0.15) is 13.8 Å². The lowest BCUT2D eigenvalue weighted by atomic mass is 10.0. The van der Waals surface area contributed by atoms with Crippen LogP contribution in [0.25, 0.3) is 10.9 Å². The second-order valence-corrected chi connectivity index (χ2v) is 9.07. The SMILES string of the molecule is CC(C)C(NS(=O)(=O)c1cccs1)C(=O)Nc1cnc2ccccc2c1. The molecule has 3 rings (SSSR count). The van der Waals surface area contributed by atoms with Crippen LogP contribution in [0.3, 0.4) is 0 Å². The van der Waals surface area contributed by atoms with E-state index in [0.717, 1.165) is 22.2 Å². The maximum atomic E-state index is 12.7. The first-order valence-corrected chi connectivity index (χ1v) is 10.4. The largest absolute Gasteiger partial charge is 0.323 e. The number of thiophene rings is 1. The minimum atomic E-state index is -3.74. The third-order valence-electron chi connectivity index (χ3n) is 3.85. The van der Waals surface area contributed by atoms with Gasteiger partial charge in [0.15, 0.2) is 0 Å². The average molecular weight is 390 g/mol. The zero-order valence-corrected chi connectivity index (χ0v) is 16.0. The van der Waals surface area contributed by atoms with Crippen molar-refractivity contribution in [2.75, 3.05) is 5.32 Å². The van der Waals surface area contributed by atoms with E-state index >= 15 is 0 Å². The lowest BCUT2D eigenvalue weighted by Gasteiger charge is -2.21. The summed E-state index contributed by atoms with van der Waals surface area (Å²) in [5, 5.41) is 5.33. The summed E-state index contributed by atoms with van der Waals surface area (Å²) < 4.78 is 27.6. The minimum Gasteiger partial charge on any atom is -0.323 e. The number of pyridine rings is 1. The highest BCUT2D eigenvalue weighted by molar-refractivity contribution is 7.91. The van der Waals surface area contributed by atoms with Crippen molar-refractivity contribution < 1.29 is 13.2 Å². The van der Waals surface area contributed by atoms with E-state index in [0.29, 0.717) is 5.69 Å². The molecule has 6 nitrogen and oxygen atoms in total. The van der Waals surface area contributed by atoms with E-state index in [1.54, 1.807) is 31.5 Å². The van der Waals surface area contributed by atoms with Gasteiger partial charge in [-0.15, -0.1) is 11.3 Å². The van der Waals surface area contributed by atoms with Crippen LogP contribution in [-0.2, 0) is 14.8 Å². The quantitative estimate of drug-likeness (QED) is 0.677. The Morgan fingerprint density at radius 3 is 2.62 bits per heavy atom. The van der Waals surface area contributed by atoms with Crippen LogP contribution in [0.2, 0.25) is 0 Å². The van der Waals surface area contributed by atoms with Crippen LogP contribution in [-0.4, -0.2) is 25.4 Å². The Hall–Kier alpha value is -2.29. The Balaban J connectivity index is 1.80. The molecule has 0 fully saturated rings. The van der Waals surface area contributed by atoms with Gasteiger partial charge in [-0.05, 0) is 29.5 Å². The molecule has 0 saturated heterocycles. The molecule has 0 aliphatic rings. The van der Waals surface area contributed by atoms with Crippen molar-refractivity contribution in [1.82, 2.24) is 9.71 Å². The fraction of sp³-hybridized carbons (Fsp3) is 0.222. The van der Waals surface area contributed by atoms with Gasteiger partial charge >= 0.3 is 0 Å². The molecule has 1 aromatic carbocycles. The highest BCUT2D eigenvalue weighted by Gasteiger charge is 2.29. The van der Waals surface area contributed by atoms with Crippen molar-refractivity contribution in [2.45, 2.75) is 24.1 Å². The number of benzene rings is 1. The summed E-state index contributed by atoms with van der Waals surface area (Å²) in [4.78, 5) is 17.0. The maximum absolute atomic E-state index is 12.7. The normalized spacial score (nSPS) is 13.0. The number of para-hydroxylation sites is 1. The number of aromatic nitrogens is 1. The summed E-state index contributed by atoms with van der Waals surface area (Å²) in [6, 6.07) is 11.6. The van der Waals surface area contributed by atoms with Gasteiger partial charge in [0.2, 0.25) is 5.91 Å². The van der Waals surface area contributed by atoms with E-state index in [2.05, 4.69) is 15.0 Å². The van der Waals surface area contributed by atoms with Gasteiger partial charge in [-0.2, -0.15) is 4.72 Å². The highest BCUT2D eigenvalue weighted by atomic mass is 32.2. The lowest BCUT2D eigenvalue weighted by Crippen LogP contribution is -2.46. The number of hydrogen-bond acceptors (Lipinski definition) is 5. The highest BCUT2D eigenvalue weighted by Crippen LogP contribution is 2.19. The van der Waals surface area contributed by atoms with Gasteiger partial charge in [0.1, 0.15) is 10.3 Å². The van der Waals surface area contributed by atoms with Crippen molar-refractivity contribution >= 4 is 43.9 Å². The van der Waals surface area contributed by atoms with Gasteiger partial charge in [0, 0.05) is 5.39 Å². The van der Waals surface area contributed by atoms with Crippen LogP contribution >= 0.6 is 11.3 Å². The molecule has 3 aromatic rings. The smallest absolute Gasteiger partial charge is 0.250 e. The molecule has 1 atom stereocenters. The Morgan fingerprint density at radius 2 is 1.92 bits per heavy atom. The van der Waals surface area contributed by atoms with Crippen molar-refractivity contribution in [3.05, 3.63) is 54.0 Å². The number of nitrogens with one attached hydrogen (secondary N) is 2. The minimum absolute atomic E-state index is 0.184. The molecule has 8 heteroatoms. The van der Waals surface area contributed by atoms with Crippen LogP contribution in [0.15, 0.2) is 58.3 Å². The summed E-state index contributed by atoms with van der Waals surface area (Å²) in [7, 11) is -3.74. The third-order valence-corrected chi connectivity index (χ3v) is 6.69. The molecule has 2 N–H and O–H groups in total. The summed E-state index contributed by atoms with van der Waals surface area (Å²) >= 11 is 1.11. The summed E-state index contributed by atoms with van der Waals surface area (Å²) in [6.45, 7) is 3.58. The Bertz CT molecular complexity index is 1020. The van der Waals surface area contributed by atoms with Gasteiger partial charge in [0.25, 0.3) is 10.0 Å². The molecule has 0 aliphatic carbocycles. The maximum Gasteiger partial charge on any atom is 0.250 e. The second kappa shape index (κ2) is 7.53. The van der Waals surface area contributed by atoms with E-state index in [-0.39, 0.29) is 10.1 Å². The summed E-state index contributed by atoms with van der Waals surface area (Å²) in [5.41, 5.74) is 1.35. The fourth-order valence-electron chi connectivity index (χ4n) is 2.49. The lowest BCUT2D eigenvalue weighted by molar-refractivity contribution is -0.118. The van der Waals surface area contributed by atoms with E-state index in [1.807, 2.05) is 30.3 Å². The van der Waals surface area contributed by atoms with Crippen LogP contribution in [0, 0.1) is 5.92 Å². The Kier molecular flexibility index (Phi) is 5.36. The topological polar surface area (TPSA) is 88.2 Å². The number of hydrogen-bond donors (Lipinski definition) is 2. The first-order valence-electron chi connectivity index (χ1n) is 8.08. The first-order chi connectivity index (χ1) is 12.4. The molecular weight excluding hydrogens is 370 g/mol. The monoisotopic (exact) mass is 389 g/mol. The fourth-order valence-corrected chi connectivity index (χ4v) is 4.85. The molecular formula is C18H19N3O3S2. The molecule has 0 bridgehead atoms. The van der Waals surface area contributed by atoms with Gasteiger partial charge in [0.05, 0.1) is 17.4 Å². The zero-order valence-electron chi connectivity index (χ0n) is 14.3. The molecule has 136 valence electrons. The molecule has 2 aromatic heterocycles. The van der Waals surface area contributed by atoms with Crippen LogP contribution < -0.4 is 10.0 Å². The standard InChI is InChI=1S/C18H19N3O3S2/c1-12(2)17(21-26(23,24)16-8-5-9-25-16)18(22)20-14-10-13-6-3-4-7-15(13)19-11-14/h3-12,17,21H,1-2H3,(H,20,22). The molecule has 0 aliphatic heterocycles. The molecule has 26 heavy (non-hydrogen) atoms. The molecule has 0 radical (unpaired) electrons. The zero-order chi connectivity index (χ0) is 18.7. The Morgan fingerprint density at radius 1 is 1.15 bits per heavy atom. The van der Waals surface area contributed by atoms with Gasteiger partial charge < -0.3 is 5.32 Å². The molecule has 2 heterocycles. The van der Waals surface area contributed by atoms with E-state index in [4.69, 9.17) is 0 Å². The van der Waals surface area contributed by atoms with Crippen LogP contribution in [0.4, 0.5) is 5.69 Å². The summed E-state index contributed by atoms with van der Waals surface area (Å²) in [6.07, 6.45) is 1.56. The van der Waals surface area contributed by atoms with E-state index < -0.39 is 22.0 Å². The number of carbonyl (C=O) groups excluding carboxylic acids is 1. The number of sulfonamides is 1. The van der Waals surface area contributed by atoms with Gasteiger partial charge in [-0.25, -0.2) is 8.42 Å². The van der Waals surface area contributed by atoms with E-state index in [9.17, 15) is 13.2 Å². The number of carbonyl (C=O) groups is 1. The molecule has 0 saturated carbocycles.